The fourth-order valence-corrected chi connectivity index (χ4v) is 3.06. The van der Waals surface area contributed by atoms with Crippen LogP contribution in [0, 0.1) is 10.1 Å². The first-order valence-electron chi connectivity index (χ1n) is 7.75. The number of hydrogen-bond acceptors (Lipinski definition) is 4. The lowest BCUT2D eigenvalue weighted by molar-refractivity contribution is -0.385. The second kappa shape index (κ2) is 6.24. The smallest absolute Gasteiger partial charge is 0.320 e. The number of nitro groups is 1. The summed E-state index contributed by atoms with van der Waals surface area (Å²) in [5.74, 6) is -0.524. The van der Waals surface area contributed by atoms with Crippen molar-refractivity contribution in [3.63, 3.8) is 0 Å². The summed E-state index contributed by atoms with van der Waals surface area (Å²) >= 11 is 5.92. The van der Waals surface area contributed by atoms with Gasteiger partial charge in [0.2, 0.25) is 5.69 Å². The molecule has 1 heterocycles. The van der Waals surface area contributed by atoms with Gasteiger partial charge in [-0.2, -0.15) is 5.10 Å². The Morgan fingerprint density at radius 3 is 2.58 bits per heavy atom. The molecule has 1 N–H and O–H groups in total. The zero-order chi connectivity index (χ0) is 17.3. The number of hydrogen-bond donors (Lipinski definition) is 1. The number of nitrogens with one attached hydrogen (secondary N) is 1. The molecule has 1 fully saturated rings. The maximum Gasteiger partial charge on any atom is 0.320 e. The minimum Gasteiger partial charge on any atom is -0.341 e. The molecule has 1 aliphatic carbocycles. The Morgan fingerprint density at radius 1 is 1.42 bits per heavy atom. The van der Waals surface area contributed by atoms with Crippen molar-refractivity contribution in [3.8, 4) is 0 Å². The van der Waals surface area contributed by atoms with Gasteiger partial charge in [0.25, 0.3) is 5.91 Å². The van der Waals surface area contributed by atoms with Gasteiger partial charge >= 0.3 is 5.69 Å². The minimum atomic E-state index is -0.580. The van der Waals surface area contributed by atoms with Crippen LogP contribution in [0.1, 0.15) is 42.2 Å². The highest BCUT2D eigenvalue weighted by molar-refractivity contribution is 6.30. The zero-order valence-corrected chi connectivity index (χ0v) is 13.9. The average Bonchev–Trinajstić information content (AvgIpc) is 2.96. The van der Waals surface area contributed by atoms with E-state index < -0.39 is 16.4 Å². The number of amides is 1. The molecule has 0 aliphatic heterocycles. The number of benzene rings is 1. The molecule has 0 radical (unpaired) electrons. The van der Waals surface area contributed by atoms with E-state index in [0.29, 0.717) is 11.6 Å². The van der Waals surface area contributed by atoms with Crippen molar-refractivity contribution >= 4 is 23.2 Å². The average molecular weight is 349 g/mol. The summed E-state index contributed by atoms with van der Waals surface area (Å²) in [5.41, 5.74) is 0.0111. The molecule has 24 heavy (non-hydrogen) atoms. The van der Waals surface area contributed by atoms with Crippen molar-refractivity contribution in [3.05, 3.63) is 56.9 Å². The molecule has 126 valence electrons. The van der Waals surface area contributed by atoms with E-state index in [1.165, 1.54) is 10.9 Å². The summed E-state index contributed by atoms with van der Waals surface area (Å²) in [7, 11) is 0. The predicted molar refractivity (Wildman–Crippen MR) is 89.0 cm³/mol. The first kappa shape index (κ1) is 16.4. The van der Waals surface area contributed by atoms with Gasteiger partial charge in [0.15, 0.2) is 0 Å². The summed E-state index contributed by atoms with van der Waals surface area (Å²) in [5, 5.41) is 18.8. The first-order chi connectivity index (χ1) is 11.4. The van der Waals surface area contributed by atoms with Crippen molar-refractivity contribution in [2.24, 2.45) is 0 Å². The molecular weight excluding hydrogens is 332 g/mol. The van der Waals surface area contributed by atoms with Gasteiger partial charge in [-0.3, -0.25) is 19.6 Å². The van der Waals surface area contributed by atoms with Crippen molar-refractivity contribution in [2.45, 2.75) is 38.3 Å². The number of halogens is 1. The third kappa shape index (κ3) is 2.87. The Bertz CT molecular complexity index is 781. The molecule has 8 heteroatoms. The molecule has 0 atom stereocenters. The number of nitrogens with zero attached hydrogens (tertiary/aromatic N) is 3. The van der Waals surface area contributed by atoms with Crippen LogP contribution in [0.25, 0.3) is 0 Å². The van der Waals surface area contributed by atoms with E-state index in [0.717, 1.165) is 24.8 Å². The van der Waals surface area contributed by atoms with E-state index in [1.807, 2.05) is 12.1 Å². The zero-order valence-electron chi connectivity index (χ0n) is 13.2. The van der Waals surface area contributed by atoms with Crippen LogP contribution in [0.2, 0.25) is 5.02 Å². The van der Waals surface area contributed by atoms with E-state index in [9.17, 15) is 14.9 Å². The molecule has 3 rings (SSSR count). The lowest BCUT2D eigenvalue weighted by Crippen LogP contribution is -2.51. The van der Waals surface area contributed by atoms with Gasteiger partial charge in [-0.05, 0) is 43.9 Å². The second-order valence-electron chi connectivity index (χ2n) is 5.87. The van der Waals surface area contributed by atoms with Crippen LogP contribution < -0.4 is 5.32 Å². The van der Waals surface area contributed by atoms with Gasteiger partial charge < -0.3 is 5.32 Å². The van der Waals surface area contributed by atoms with Gasteiger partial charge in [0, 0.05) is 11.6 Å². The molecule has 0 spiro atoms. The maximum absolute atomic E-state index is 12.6. The number of carbonyl (C=O) groups excluding carboxylic acids is 1. The Labute approximate surface area is 143 Å². The molecule has 0 bridgehead atoms. The highest BCUT2D eigenvalue weighted by Gasteiger charge is 2.41. The van der Waals surface area contributed by atoms with Gasteiger partial charge in [-0.25, -0.2) is 0 Å². The third-order valence-corrected chi connectivity index (χ3v) is 4.69. The third-order valence-electron chi connectivity index (χ3n) is 4.43. The van der Waals surface area contributed by atoms with Gasteiger partial charge in [0.1, 0.15) is 6.20 Å². The molecule has 0 saturated heterocycles. The van der Waals surface area contributed by atoms with Crippen LogP contribution >= 0.6 is 11.6 Å². The lowest BCUT2D eigenvalue weighted by Gasteiger charge is -2.43. The number of rotatable bonds is 5. The molecule has 1 saturated carbocycles. The van der Waals surface area contributed by atoms with Gasteiger partial charge in [-0.1, -0.05) is 23.7 Å². The standard InChI is InChI=1S/C16H17ClN4O3/c1-2-20-10-13(21(23)24)14(19-20)15(22)18-16(8-3-9-16)11-4-6-12(17)7-5-11/h4-7,10H,2-3,8-9H2,1H3,(H,18,22). The number of carbonyl (C=O) groups is 1. The maximum atomic E-state index is 12.6. The van der Waals surface area contributed by atoms with Gasteiger partial charge in [-0.15, -0.1) is 0 Å². The Morgan fingerprint density at radius 2 is 2.08 bits per heavy atom. The van der Waals surface area contributed by atoms with Crippen LogP contribution in [0.5, 0.6) is 0 Å². The normalized spacial score (nSPS) is 15.6. The van der Waals surface area contributed by atoms with Crippen LogP contribution in [0.3, 0.4) is 0 Å². The molecule has 1 aromatic carbocycles. The monoisotopic (exact) mass is 348 g/mol. The van der Waals surface area contributed by atoms with Gasteiger partial charge in [0.05, 0.1) is 10.5 Å². The molecule has 7 nitrogen and oxygen atoms in total. The van der Waals surface area contributed by atoms with Crippen LogP contribution in [-0.4, -0.2) is 20.6 Å². The van der Waals surface area contributed by atoms with Crippen molar-refractivity contribution < 1.29 is 9.72 Å². The topological polar surface area (TPSA) is 90.1 Å². The summed E-state index contributed by atoms with van der Waals surface area (Å²) in [4.78, 5) is 23.2. The molecule has 1 aliphatic rings. The fraction of sp³-hybridized carbons (Fsp3) is 0.375. The predicted octanol–water partition coefficient (Wildman–Crippen LogP) is 3.27. The van der Waals surface area contributed by atoms with E-state index in [1.54, 1.807) is 19.1 Å². The van der Waals surface area contributed by atoms with Crippen LogP contribution in [0.15, 0.2) is 30.5 Å². The van der Waals surface area contributed by atoms with E-state index in [-0.39, 0.29) is 11.4 Å². The number of aromatic nitrogens is 2. The Balaban J connectivity index is 1.89. The highest BCUT2D eigenvalue weighted by atomic mass is 35.5. The quantitative estimate of drug-likeness (QED) is 0.663. The summed E-state index contributed by atoms with van der Waals surface area (Å²) in [6.07, 6.45) is 3.82. The second-order valence-corrected chi connectivity index (χ2v) is 6.31. The van der Waals surface area contributed by atoms with Crippen molar-refractivity contribution in [1.29, 1.82) is 0 Å². The molecular formula is C16H17ClN4O3. The molecule has 1 amide bonds. The van der Waals surface area contributed by atoms with E-state index in [2.05, 4.69) is 10.4 Å². The van der Waals surface area contributed by atoms with E-state index >= 15 is 0 Å². The Kier molecular flexibility index (Phi) is 4.28. The fourth-order valence-electron chi connectivity index (χ4n) is 2.93. The van der Waals surface area contributed by atoms with Crippen molar-refractivity contribution in [2.75, 3.05) is 0 Å². The SMILES string of the molecule is CCn1cc([N+](=O)[O-])c(C(=O)NC2(c3ccc(Cl)cc3)CCC2)n1. The Hall–Kier alpha value is -2.41. The number of aryl methyl sites for hydroxylation is 1. The summed E-state index contributed by atoms with van der Waals surface area (Å²) in [6.45, 7) is 2.26. The lowest BCUT2D eigenvalue weighted by atomic mass is 9.71. The van der Waals surface area contributed by atoms with E-state index in [4.69, 9.17) is 11.6 Å². The minimum absolute atomic E-state index is 0.151. The van der Waals surface area contributed by atoms with Crippen LogP contribution in [-0.2, 0) is 12.1 Å². The largest absolute Gasteiger partial charge is 0.341 e. The molecule has 2 aromatic rings. The summed E-state index contributed by atoms with van der Waals surface area (Å²) < 4.78 is 1.39. The van der Waals surface area contributed by atoms with Crippen molar-refractivity contribution in [1.82, 2.24) is 15.1 Å². The molecule has 1 aromatic heterocycles. The molecule has 0 unspecified atom stereocenters. The summed E-state index contributed by atoms with van der Waals surface area (Å²) in [6, 6.07) is 7.30. The van der Waals surface area contributed by atoms with Crippen LogP contribution in [0.4, 0.5) is 5.69 Å². The highest BCUT2D eigenvalue weighted by Crippen LogP contribution is 2.42. The first-order valence-corrected chi connectivity index (χ1v) is 8.13.